The number of ether oxygens (including phenoxy) is 2. The van der Waals surface area contributed by atoms with Gasteiger partial charge < -0.3 is 9.47 Å². The van der Waals surface area contributed by atoms with Crippen molar-refractivity contribution in [1.82, 2.24) is 0 Å². The van der Waals surface area contributed by atoms with Crippen LogP contribution in [0.15, 0.2) is 11.1 Å². The maximum atomic E-state index is 13.1. The second-order valence-corrected chi connectivity index (χ2v) is 10.4. The second-order valence-electron chi connectivity index (χ2n) is 10.4. The number of esters is 2. The Kier molecular flexibility index (Phi) is 2.58. The maximum Gasteiger partial charge on any atom is 0.334 e. The lowest BCUT2D eigenvalue weighted by Gasteiger charge is -2.76. The number of hydrogen-bond donors (Lipinski definition) is 0. The minimum atomic E-state index is -0.229. The van der Waals surface area contributed by atoms with Crippen LogP contribution in [0.1, 0.15) is 46.0 Å². The molecule has 4 bridgehead atoms. The summed E-state index contributed by atoms with van der Waals surface area (Å²) in [5, 5.41) is 0. The topological polar surface area (TPSA) is 52.6 Å². The van der Waals surface area contributed by atoms with Crippen molar-refractivity contribution in [1.29, 1.82) is 0 Å². The molecule has 10 atom stereocenters. The molecule has 6 saturated carbocycles. The second kappa shape index (κ2) is 4.46. The predicted octanol–water partition coefficient (Wildman–Crippen LogP) is 3.36. The Bertz CT molecular complexity index is 758. The van der Waals surface area contributed by atoms with E-state index in [1.165, 1.54) is 19.3 Å². The molecule has 0 radical (unpaired) electrons. The molecule has 8 rings (SSSR count). The third-order valence-corrected chi connectivity index (χ3v) is 10.7. The van der Waals surface area contributed by atoms with E-state index in [2.05, 4.69) is 0 Å². The van der Waals surface area contributed by atoms with Gasteiger partial charge in [0.05, 0.1) is 24.4 Å². The summed E-state index contributed by atoms with van der Waals surface area (Å²) in [6, 6.07) is 0. The number of fused-ring (bicyclic) bond motifs is 2. The monoisotopic (exact) mass is 368 g/mol. The van der Waals surface area contributed by atoms with Crippen molar-refractivity contribution in [3.8, 4) is 0 Å². The van der Waals surface area contributed by atoms with E-state index in [-0.39, 0.29) is 23.8 Å². The highest BCUT2D eigenvalue weighted by molar-refractivity contribution is 6.02. The molecule has 0 amide bonds. The first-order chi connectivity index (χ1) is 13.1. The van der Waals surface area contributed by atoms with Crippen molar-refractivity contribution in [3.05, 3.63) is 11.1 Å². The van der Waals surface area contributed by atoms with Crippen LogP contribution in [0, 0.1) is 58.2 Å². The van der Waals surface area contributed by atoms with Crippen LogP contribution in [-0.2, 0) is 19.1 Å². The molecule has 0 saturated heterocycles. The van der Waals surface area contributed by atoms with E-state index >= 15 is 0 Å². The third-order valence-electron chi connectivity index (χ3n) is 10.7. The first-order valence-corrected chi connectivity index (χ1v) is 11.2. The average Bonchev–Trinajstić information content (AvgIpc) is 3.22. The molecule has 2 spiro atoms. The highest BCUT2D eigenvalue weighted by Crippen LogP contribution is 2.98. The van der Waals surface area contributed by atoms with Crippen molar-refractivity contribution >= 4 is 11.9 Å². The molecule has 8 aliphatic rings. The molecule has 0 aromatic heterocycles. The van der Waals surface area contributed by atoms with Crippen molar-refractivity contribution in [3.63, 3.8) is 0 Å². The fourth-order valence-electron chi connectivity index (χ4n) is 11.0. The Balaban J connectivity index is 1.45. The molecule has 0 aliphatic heterocycles. The molecule has 0 N–H and O–H groups in total. The Morgan fingerprint density at radius 1 is 0.815 bits per heavy atom. The molecule has 8 aliphatic carbocycles. The van der Waals surface area contributed by atoms with Crippen LogP contribution in [0.25, 0.3) is 0 Å². The lowest BCUT2D eigenvalue weighted by atomic mass is 9.27. The van der Waals surface area contributed by atoms with Gasteiger partial charge in [0.1, 0.15) is 0 Å². The van der Waals surface area contributed by atoms with Gasteiger partial charge >= 0.3 is 11.9 Å². The van der Waals surface area contributed by atoms with Gasteiger partial charge in [-0.25, -0.2) is 9.59 Å². The molecule has 144 valence electrons. The molecule has 6 fully saturated rings. The lowest BCUT2D eigenvalue weighted by Crippen LogP contribution is -2.72. The molecular weight excluding hydrogens is 340 g/mol. The van der Waals surface area contributed by atoms with Crippen LogP contribution >= 0.6 is 0 Å². The van der Waals surface area contributed by atoms with Gasteiger partial charge in [0.2, 0.25) is 0 Å². The fraction of sp³-hybridized carbons (Fsp3) is 0.826. The van der Waals surface area contributed by atoms with E-state index in [4.69, 9.17) is 9.47 Å². The zero-order chi connectivity index (χ0) is 18.3. The van der Waals surface area contributed by atoms with E-state index < -0.39 is 0 Å². The fourth-order valence-corrected chi connectivity index (χ4v) is 11.0. The van der Waals surface area contributed by atoms with Crippen LogP contribution in [0.3, 0.4) is 0 Å². The number of carbonyl (C=O) groups is 2. The minimum Gasteiger partial charge on any atom is -0.463 e. The van der Waals surface area contributed by atoms with Crippen molar-refractivity contribution < 1.29 is 19.1 Å². The zero-order valence-corrected chi connectivity index (χ0v) is 16.2. The number of rotatable bonds is 4. The smallest absolute Gasteiger partial charge is 0.334 e. The van der Waals surface area contributed by atoms with E-state index in [1.807, 2.05) is 13.8 Å². The summed E-state index contributed by atoms with van der Waals surface area (Å²) in [6.45, 7) is 4.46. The zero-order valence-electron chi connectivity index (χ0n) is 16.2. The van der Waals surface area contributed by atoms with Gasteiger partial charge in [-0.15, -0.1) is 0 Å². The van der Waals surface area contributed by atoms with Crippen LogP contribution < -0.4 is 0 Å². The third kappa shape index (κ3) is 1.25. The highest BCUT2D eigenvalue weighted by Gasteiger charge is 2.93. The molecule has 4 nitrogen and oxygen atoms in total. The molecule has 0 aromatic carbocycles. The quantitative estimate of drug-likeness (QED) is 0.714. The number of hydrogen-bond acceptors (Lipinski definition) is 4. The standard InChI is InChI=1S/C23H28O4/c1-3-26-20(24)16-14-5-6-15(17(16)21(25)27-4-2)23-9-13-11-7-10-12(13)8-22(14,23)18(10)19(11)23/h10-15,18-19H,3-9H2,1-2H3. The van der Waals surface area contributed by atoms with Crippen molar-refractivity contribution in [2.24, 2.45) is 58.2 Å². The van der Waals surface area contributed by atoms with Crippen LogP contribution in [0.2, 0.25) is 0 Å². The van der Waals surface area contributed by atoms with E-state index in [1.54, 1.807) is 0 Å². The molecular formula is C23H28O4. The summed E-state index contributed by atoms with van der Waals surface area (Å²) < 4.78 is 11.0. The Morgan fingerprint density at radius 3 is 1.67 bits per heavy atom. The van der Waals surface area contributed by atoms with E-state index in [9.17, 15) is 9.59 Å². The van der Waals surface area contributed by atoms with Crippen LogP contribution in [0.5, 0.6) is 0 Å². The summed E-state index contributed by atoms with van der Waals surface area (Å²) in [4.78, 5) is 26.1. The first kappa shape index (κ1) is 15.6. The van der Waals surface area contributed by atoms with E-state index in [0.29, 0.717) is 24.0 Å². The Hall–Kier alpha value is -1.32. The van der Waals surface area contributed by atoms with Gasteiger partial charge in [-0.05, 0) is 104 Å². The normalized spacial score (nSPS) is 56.5. The SMILES string of the molecule is CCOC(=O)C1=C(C(=O)OCC)C2CCC1C13CC4C5CC21C1C5CC4C13. The van der Waals surface area contributed by atoms with Crippen LogP contribution in [0.4, 0.5) is 0 Å². The van der Waals surface area contributed by atoms with Gasteiger partial charge in [-0.1, -0.05) is 0 Å². The van der Waals surface area contributed by atoms with Crippen LogP contribution in [-0.4, -0.2) is 25.2 Å². The molecule has 0 aromatic rings. The molecule has 4 heteroatoms. The van der Waals surface area contributed by atoms with Crippen molar-refractivity contribution in [2.75, 3.05) is 13.2 Å². The van der Waals surface area contributed by atoms with Gasteiger partial charge in [-0.2, -0.15) is 0 Å². The van der Waals surface area contributed by atoms with Gasteiger partial charge in [0, 0.05) is 0 Å². The van der Waals surface area contributed by atoms with E-state index in [0.717, 1.165) is 59.5 Å². The molecule has 27 heavy (non-hydrogen) atoms. The highest BCUT2D eigenvalue weighted by atomic mass is 16.5. The van der Waals surface area contributed by atoms with Crippen molar-refractivity contribution in [2.45, 2.75) is 46.0 Å². The Labute approximate surface area is 160 Å². The number of carbonyl (C=O) groups excluding carboxylic acids is 2. The predicted molar refractivity (Wildman–Crippen MR) is 96.2 cm³/mol. The molecule has 10 unspecified atom stereocenters. The maximum absolute atomic E-state index is 13.1. The summed E-state index contributed by atoms with van der Waals surface area (Å²) >= 11 is 0. The minimum absolute atomic E-state index is 0.229. The Morgan fingerprint density at radius 2 is 1.26 bits per heavy atom. The largest absolute Gasteiger partial charge is 0.463 e. The summed E-state index contributed by atoms with van der Waals surface area (Å²) in [7, 11) is 0. The molecule has 0 heterocycles. The summed E-state index contributed by atoms with van der Waals surface area (Å²) in [6.07, 6.45) is 6.25. The van der Waals surface area contributed by atoms with Gasteiger partial charge in [0.25, 0.3) is 0 Å². The summed E-state index contributed by atoms with van der Waals surface area (Å²) in [5.74, 6) is 5.39. The van der Waals surface area contributed by atoms with Gasteiger partial charge in [0.15, 0.2) is 0 Å². The summed E-state index contributed by atoms with van der Waals surface area (Å²) in [5.41, 5.74) is 2.11. The average molecular weight is 368 g/mol. The van der Waals surface area contributed by atoms with Gasteiger partial charge in [-0.3, -0.25) is 0 Å². The lowest BCUT2D eigenvalue weighted by molar-refractivity contribution is -0.261. The first-order valence-electron chi connectivity index (χ1n) is 11.2.